The molecular weight excluding hydrogens is 206 g/mol. The van der Waals surface area contributed by atoms with Crippen molar-refractivity contribution in [2.24, 2.45) is 0 Å². The van der Waals surface area contributed by atoms with E-state index in [1.54, 1.807) is 0 Å². The van der Waals surface area contributed by atoms with Crippen LogP contribution in [0.5, 0.6) is 0 Å². The molecule has 1 atom stereocenters. The van der Waals surface area contributed by atoms with Gasteiger partial charge in [-0.25, -0.2) is 0 Å². The van der Waals surface area contributed by atoms with Gasteiger partial charge in [-0.1, -0.05) is 45.2 Å². The summed E-state index contributed by atoms with van der Waals surface area (Å²) >= 11 is 0. The largest absolute Gasteiger partial charge is 0.378 e. The molecule has 0 heterocycles. The van der Waals surface area contributed by atoms with E-state index in [0.29, 0.717) is 0 Å². The number of unbranched alkanes of at least 4 members (excludes halogenated alkanes) is 1. The second kappa shape index (κ2) is 7.37. The lowest BCUT2D eigenvalue weighted by Gasteiger charge is -2.18. The zero-order valence-electron chi connectivity index (χ0n) is 11.9. The average molecular weight is 233 g/mol. The van der Waals surface area contributed by atoms with Crippen LogP contribution in [0.1, 0.15) is 57.4 Å². The van der Waals surface area contributed by atoms with Crippen LogP contribution < -0.4 is 4.90 Å². The Bertz CT molecular complexity index is 300. The highest BCUT2D eigenvalue weighted by atomic mass is 15.1. The number of rotatable bonds is 7. The normalized spacial score (nSPS) is 12.5. The number of nitrogens with zero attached hydrogens (tertiary/aromatic N) is 1. The molecule has 0 spiro atoms. The van der Waals surface area contributed by atoms with Gasteiger partial charge in [0.05, 0.1) is 0 Å². The molecule has 0 aromatic heterocycles. The van der Waals surface area contributed by atoms with Gasteiger partial charge in [0.15, 0.2) is 0 Å². The molecule has 1 aromatic rings. The molecule has 17 heavy (non-hydrogen) atoms. The molecule has 0 fully saturated rings. The Hall–Kier alpha value is -0.980. The lowest BCUT2D eigenvalue weighted by Crippen LogP contribution is -2.08. The van der Waals surface area contributed by atoms with Gasteiger partial charge < -0.3 is 4.90 Å². The summed E-state index contributed by atoms with van der Waals surface area (Å²) in [5.41, 5.74) is 2.81. The van der Waals surface area contributed by atoms with Crippen molar-refractivity contribution < 1.29 is 0 Å². The van der Waals surface area contributed by atoms with Gasteiger partial charge in [0.1, 0.15) is 0 Å². The number of benzene rings is 1. The molecular formula is C16H27N. The summed E-state index contributed by atoms with van der Waals surface area (Å²) in [4.78, 5) is 2.16. The summed E-state index contributed by atoms with van der Waals surface area (Å²) in [5.74, 6) is 0.760. The first-order valence-corrected chi connectivity index (χ1v) is 6.96. The van der Waals surface area contributed by atoms with Crippen molar-refractivity contribution in [3.63, 3.8) is 0 Å². The van der Waals surface area contributed by atoms with Crippen LogP contribution >= 0.6 is 0 Å². The molecule has 1 unspecified atom stereocenters. The molecule has 0 N–H and O–H groups in total. The first-order valence-electron chi connectivity index (χ1n) is 6.96. The van der Waals surface area contributed by atoms with Crippen molar-refractivity contribution in [3.05, 3.63) is 29.8 Å². The van der Waals surface area contributed by atoms with Gasteiger partial charge in [0.2, 0.25) is 0 Å². The highest BCUT2D eigenvalue weighted by Gasteiger charge is 2.10. The topological polar surface area (TPSA) is 3.24 Å². The predicted molar refractivity (Wildman–Crippen MR) is 77.9 cm³/mol. The van der Waals surface area contributed by atoms with Crippen LogP contribution in [-0.4, -0.2) is 14.1 Å². The van der Waals surface area contributed by atoms with Gasteiger partial charge in [-0.3, -0.25) is 0 Å². The SMILES string of the molecule is CCCCC(CCC)c1ccc(N(C)C)cc1. The third kappa shape index (κ3) is 4.41. The second-order valence-corrected chi connectivity index (χ2v) is 5.11. The van der Waals surface area contributed by atoms with Gasteiger partial charge in [0.25, 0.3) is 0 Å². The van der Waals surface area contributed by atoms with Crippen LogP contribution in [-0.2, 0) is 0 Å². The van der Waals surface area contributed by atoms with Crippen molar-refractivity contribution in [2.75, 3.05) is 19.0 Å². The van der Waals surface area contributed by atoms with Crippen molar-refractivity contribution in [1.29, 1.82) is 0 Å². The highest BCUT2D eigenvalue weighted by Crippen LogP contribution is 2.28. The molecule has 96 valence electrons. The van der Waals surface area contributed by atoms with Crippen LogP contribution in [0, 0.1) is 0 Å². The van der Waals surface area contributed by atoms with Crippen molar-refractivity contribution >= 4 is 5.69 Å². The van der Waals surface area contributed by atoms with E-state index in [1.165, 1.54) is 43.4 Å². The molecule has 0 saturated heterocycles. The quantitative estimate of drug-likeness (QED) is 0.652. The zero-order valence-corrected chi connectivity index (χ0v) is 11.9. The molecule has 0 aliphatic carbocycles. The molecule has 1 rings (SSSR count). The Labute approximate surface area is 107 Å². The number of hydrogen-bond donors (Lipinski definition) is 0. The van der Waals surface area contributed by atoms with E-state index in [9.17, 15) is 0 Å². The summed E-state index contributed by atoms with van der Waals surface area (Å²) in [6, 6.07) is 9.10. The molecule has 0 bridgehead atoms. The zero-order chi connectivity index (χ0) is 12.7. The Morgan fingerprint density at radius 1 is 0.941 bits per heavy atom. The Morgan fingerprint density at radius 2 is 1.59 bits per heavy atom. The molecule has 0 saturated carbocycles. The van der Waals surface area contributed by atoms with Gasteiger partial charge >= 0.3 is 0 Å². The molecule has 1 heteroatoms. The Kier molecular flexibility index (Phi) is 6.10. The average Bonchev–Trinajstić information content (AvgIpc) is 2.34. The van der Waals surface area contributed by atoms with E-state index in [2.05, 4.69) is 57.1 Å². The van der Waals surface area contributed by atoms with Crippen LogP contribution in [0.15, 0.2) is 24.3 Å². The maximum absolute atomic E-state index is 2.31. The first-order chi connectivity index (χ1) is 8.19. The maximum Gasteiger partial charge on any atom is 0.0361 e. The third-order valence-electron chi connectivity index (χ3n) is 3.42. The molecule has 0 aliphatic rings. The van der Waals surface area contributed by atoms with Gasteiger partial charge in [0, 0.05) is 19.8 Å². The van der Waals surface area contributed by atoms with Crippen LogP contribution in [0.3, 0.4) is 0 Å². The van der Waals surface area contributed by atoms with Crippen molar-refractivity contribution in [3.8, 4) is 0 Å². The Balaban J connectivity index is 2.72. The van der Waals surface area contributed by atoms with Gasteiger partial charge in [-0.2, -0.15) is 0 Å². The standard InChI is InChI=1S/C16H27N/c1-5-7-9-14(8-6-2)15-10-12-16(13-11-15)17(3)4/h10-14H,5-9H2,1-4H3. The van der Waals surface area contributed by atoms with E-state index in [4.69, 9.17) is 0 Å². The minimum absolute atomic E-state index is 0.760. The van der Waals surface area contributed by atoms with Gasteiger partial charge in [-0.15, -0.1) is 0 Å². The molecule has 0 radical (unpaired) electrons. The smallest absolute Gasteiger partial charge is 0.0361 e. The Morgan fingerprint density at radius 3 is 2.06 bits per heavy atom. The van der Waals surface area contributed by atoms with E-state index in [-0.39, 0.29) is 0 Å². The monoisotopic (exact) mass is 233 g/mol. The minimum atomic E-state index is 0.760. The van der Waals surface area contributed by atoms with E-state index < -0.39 is 0 Å². The summed E-state index contributed by atoms with van der Waals surface area (Å²) in [5, 5.41) is 0. The van der Waals surface area contributed by atoms with Crippen molar-refractivity contribution in [2.45, 2.75) is 51.9 Å². The number of hydrogen-bond acceptors (Lipinski definition) is 1. The summed E-state index contributed by atoms with van der Waals surface area (Å²) in [6.07, 6.45) is 6.59. The lowest BCUT2D eigenvalue weighted by molar-refractivity contribution is 0.541. The van der Waals surface area contributed by atoms with E-state index >= 15 is 0 Å². The summed E-state index contributed by atoms with van der Waals surface area (Å²) < 4.78 is 0. The van der Waals surface area contributed by atoms with Crippen LogP contribution in [0.25, 0.3) is 0 Å². The van der Waals surface area contributed by atoms with Crippen molar-refractivity contribution in [1.82, 2.24) is 0 Å². The minimum Gasteiger partial charge on any atom is -0.378 e. The fraction of sp³-hybridized carbons (Fsp3) is 0.625. The second-order valence-electron chi connectivity index (χ2n) is 5.11. The fourth-order valence-electron chi connectivity index (χ4n) is 2.32. The molecule has 1 aromatic carbocycles. The summed E-state index contributed by atoms with van der Waals surface area (Å²) in [7, 11) is 4.19. The first kappa shape index (κ1) is 14.1. The van der Waals surface area contributed by atoms with E-state index in [0.717, 1.165) is 5.92 Å². The third-order valence-corrected chi connectivity index (χ3v) is 3.42. The lowest BCUT2D eigenvalue weighted by atomic mass is 9.89. The summed E-state index contributed by atoms with van der Waals surface area (Å²) in [6.45, 7) is 4.56. The maximum atomic E-state index is 2.31. The van der Waals surface area contributed by atoms with E-state index in [1.807, 2.05) is 0 Å². The molecule has 1 nitrogen and oxygen atoms in total. The van der Waals surface area contributed by atoms with Gasteiger partial charge in [-0.05, 0) is 36.5 Å². The fourth-order valence-corrected chi connectivity index (χ4v) is 2.32. The predicted octanol–water partition coefficient (Wildman–Crippen LogP) is 4.83. The number of anilines is 1. The molecule has 0 amide bonds. The van der Waals surface area contributed by atoms with Crippen LogP contribution in [0.4, 0.5) is 5.69 Å². The molecule has 0 aliphatic heterocycles. The highest BCUT2D eigenvalue weighted by molar-refractivity contribution is 5.46. The van der Waals surface area contributed by atoms with Crippen LogP contribution in [0.2, 0.25) is 0 Å².